The molecule has 0 saturated heterocycles. The van der Waals surface area contributed by atoms with Crippen LogP contribution in [0.2, 0.25) is 5.02 Å². The number of benzene rings is 1. The van der Waals surface area contributed by atoms with E-state index in [0.717, 1.165) is 12.1 Å². The molecule has 0 bridgehead atoms. The van der Waals surface area contributed by atoms with Gasteiger partial charge in [-0.15, -0.1) is 0 Å². The summed E-state index contributed by atoms with van der Waals surface area (Å²) < 4.78 is 31.9. The fraction of sp³-hybridized carbons (Fsp3) is 0.538. The molecule has 0 aliphatic rings. The Labute approximate surface area is 125 Å². The van der Waals surface area contributed by atoms with Crippen LogP contribution in [0.25, 0.3) is 0 Å². The Hall–Kier alpha value is -0.660. The van der Waals surface area contributed by atoms with Crippen LogP contribution in [0.3, 0.4) is 0 Å². The van der Waals surface area contributed by atoms with Crippen LogP contribution in [-0.2, 0) is 21.3 Å². The highest BCUT2D eigenvalue weighted by atomic mass is 35.5. The monoisotopic (exact) mass is 320 g/mol. The van der Waals surface area contributed by atoms with Crippen LogP contribution in [0.4, 0.5) is 0 Å². The molecule has 5 nitrogen and oxygen atoms in total. The van der Waals surface area contributed by atoms with Crippen LogP contribution in [0.1, 0.15) is 18.1 Å². The van der Waals surface area contributed by atoms with Gasteiger partial charge in [-0.2, -0.15) is 0 Å². The van der Waals surface area contributed by atoms with Crippen LogP contribution >= 0.6 is 11.6 Å². The van der Waals surface area contributed by atoms with Gasteiger partial charge in [-0.25, -0.2) is 13.1 Å². The van der Waals surface area contributed by atoms with Gasteiger partial charge in [0.2, 0.25) is 10.0 Å². The summed E-state index contributed by atoms with van der Waals surface area (Å²) in [6.07, 6.45) is 0. The smallest absolute Gasteiger partial charge is 0.240 e. The summed E-state index contributed by atoms with van der Waals surface area (Å²) in [6, 6.07) is 3.26. The van der Waals surface area contributed by atoms with Gasteiger partial charge in [0.05, 0.1) is 11.5 Å². The van der Waals surface area contributed by atoms with Crippen molar-refractivity contribution in [2.45, 2.75) is 25.3 Å². The minimum absolute atomic E-state index is 0.217. The van der Waals surface area contributed by atoms with Crippen molar-refractivity contribution < 1.29 is 13.2 Å². The van der Waals surface area contributed by atoms with E-state index in [0.29, 0.717) is 23.7 Å². The minimum Gasteiger partial charge on any atom is -0.383 e. The largest absolute Gasteiger partial charge is 0.383 e. The first-order valence-corrected chi connectivity index (χ1v) is 8.26. The number of hydrogen-bond acceptors (Lipinski definition) is 4. The normalized spacial score (nSPS) is 11.8. The Balaban J connectivity index is 3.07. The van der Waals surface area contributed by atoms with E-state index in [-0.39, 0.29) is 11.4 Å². The van der Waals surface area contributed by atoms with Crippen molar-refractivity contribution in [3.05, 3.63) is 28.3 Å². The van der Waals surface area contributed by atoms with Crippen molar-refractivity contribution in [3.63, 3.8) is 0 Å². The summed E-state index contributed by atoms with van der Waals surface area (Å²) in [5.41, 5.74) is 1.59. The number of sulfonamides is 1. The van der Waals surface area contributed by atoms with Gasteiger partial charge in [0.15, 0.2) is 0 Å². The maximum absolute atomic E-state index is 12.3. The molecule has 0 heterocycles. The second-order valence-corrected chi connectivity index (χ2v) is 6.53. The van der Waals surface area contributed by atoms with Crippen molar-refractivity contribution in [2.75, 3.05) is 26.8 Å². The lowest BCUT2D eigenvalue weighted by Gasteiger charge is -2.14. The molecule has 0 amide bonds. The molecule has 114 valence electrons. The highest BCUT2D eigenvalue weighted by Crippen LogP contribution is 2.24. The lowest BCUT2D eigenvalue weighted by Crippen LogP contribution is -2.28. The lowest BCUT2D eigenvalue weighted by molar-refractivity contribution is 0.204. The average Bonchev–Trinajstić information content (AvgIpc) is 2.39. The van der Waals surface area contributed by atoms with E-state index < -0.39 is 10.0 Å². The van der Waals surface area contributed by atoms with Gasteiger partial charge >= 0.3 is 0 Å². The number of ether oxygens (including phenoxy) is 1. The Kier molecular flexibility index (Phi) is 6.91. The zero-order chi connectivity index (χ0) is 15.2. The van der Waals surface area contributed by atoms with Gasteiger partial charge in [-0.3, -0.25) is 0 Å². The third-order valence-electron chi connectivity index (χ3n) is 2.89. The molecule has 7 heteroatoms. The molecule has 20 heavy (non-hydrogen) atoms. The number of rotatable bonds is 8. The van der Waals surface area contributed by atoms with Crippen LogP contribution in [-0.4, -0.2) is 35.2 Å². The van der Waals surface area contributed by atoms with E-state index in [9.17, 15) is 8.42 Å². The van der Waals surface area contributed by atoms with Gasteiger partial charge < -0.3 is 10.1 Å². The van der Waals surface area contributed by atoms with Gasteiger partial charge in [0, 0.05) is 25.2 Å². The summed E-state index contributed by atoms with van der Waals surface area (Å²) in [4.78, 5) is 0.217. The number of hydrogen-bond donors (Lipinski definition) is 2. The summed E-state index contributed by atoms with van der Waals surface area (Å²) in [7, 11) is -2.05. The predicted molar refractivity (Wildman–Crippen MR) is 80.6 cm³/mol. The van der Waals surface area contributed by atoms with E-state index >= 15 is 0 Å². The third-order valence-corrected chi connectivity index (χ3v) is 4.69. The Morgan fingerprint density at radius 2 is 2.05 bits per heavy atom. The quantitative estimate of drug-likeness (QED) is 0.715. The van der Waals surface area contributed by atoms with Gasteiger partial charge in [0.25, 0.3) is 0 Å². The topological polar surface area (TPSA) is 67.4 Å². The molecule has 0 radical (unpaired) electrons. The first-order valence-electron chi connectivity index (χ1n) is 6.40. The van der Waals surface area contributed by atoms with Crippen LogP contribution < -0.4 is 10.0 Å². The molecule has 0 unspecified atom stereocenters. The number of halogens is 1. The second kappa shape index (κ2) is 7.95. The van der Waals surface area contributed by atoms with E-state index in [1.807, 2.05) is 6.92 Å². The zero-order valence-electron chi connectivity index (χ0n) is 12.0. The Morgan fingerprint density at radius 3 is 2.65 bits per heavy atom. The van der Waals surface area contributed by atoms with Gasteiger partial charge in [-0.1, -0.05) is 18.5 Å². The predicted octanol–water partition coefficient (Wildman–Crippen LogP) is 1.68. The molecule has 0 atom stereocenters. The lowest BCUT2D eigenvalue weighted by atomic mass is 10.1. The molecule has 1 rings (SSSR count). The molecule has 0 spiro atoms. The molecule has 0 aliphatic carbocycles. The Bertz CT molecular complexity index is 547. The minimum atomic E-state index is -3.58. The second-order valence-electron chi connectivity index (χ2n) is 4.36. The molecule has 0 fully saturated rings. The fourth-order valence-corrected chi connectivity index (χ4v) is 3.42. The summed E-state index contributed by atoms with van der Waals surface area (Å²) in [5.74, 6) is 0. The van der Waals surface area contributed by atoms with Crippen LogP contribution in [0, 0.1) is 6.92 Å². The van der Waals surface area contributed by atoms with Gasteiger partial charge in [0.1, 0.15) is 0 Å². The molecular weight excluding hydrogens is 300 g/mol. The molecule has 2 N–H and O–H groups in total. The third kappa shape index (κ3) is 4.71. The summed E-state index contributed by atoms with van der Waals surface area (Å²) in [5, 5.41) is 3.58. The first-order chi connectivity index (χ1) is 9.42. The van der Waals surface area contributed by atoms with Crippen molar-refractivity contribution in [2.24, 2.45) is 0 Å². The molecule has 0 aliphatic heterocycles. The Morgan fingerprint density at radius 1 is 1.35 bits per heavy atom. The summed E-state index contributed by atoms with van der Waals surface area (Å²) in [6.45, 7) is 5.72. The highest BCUT2D eigenvalue weighted by molar-refractivity contribution is 7.89. The van der Waals surface area contributed by atoms with Crippen LogP contribution in [0.5, 0.6) is 0 Å². The number of nitrogens with one attached hydrogen (secondary N) is 2. The van der Waals surface area contributed by atoms with Crippen molar-refractivity contribution in [3.8, 4) is 0 Å². The van der Waals surface area contributed by atoms with Crippen molar-refractivity contribution in [1.82, 2.24) is 10.0 Å². The standard InChI is InChI=1S/C13H21ClN2O3S/c1-4-15-9-11-7-12(14)8-13(10(11)2)20(17,18)16-5-6-19-3/h7-8,15-16H,4-6,9H2,1-3H3. The van der Waals surface area contributed by atoms with Crippen molar-refractivity contribution >= 4 is 21.6 Å². The molecule has 1 aromatic carbocycles. The SMILES string of the molecule is CCNCc1cc(Cl)cc(S(=O)(=O)NCCOC)c1C. The number of methoxy groups -OCH3 is 1. The first kappa shape index (κ1) is 17.4. The van der Waals surface area contributed by atoms with E-state index in [4.69, 9.17) is 16.3 Å². The molecule has 1 aromatic rings. The zero-order valence-corrected chi connectivity index (χ0v) is 13.6. The maximum Gasteiger partial charge on any atom is 0.240 e. The van der Waals surface area contributed by atoms with Gasteiger partial charge in [-0.05, 0) is 36.7 Å². The van der Waals surface area contributed by atoms with Crippen LogP contribution in [0.15, 0.2) is 17.0 Å². The molecular formula is C13H21ClN2O3S. The fourth-order valence-electron chi connectivity index (χ4n) is 1.79. The highest BCUT2D eigenvalue weighted by Gasteiger charge is 2.19. The maximum atomic E-state index is 12.3. The van der Waals surface area contributed by atoms with Crippen molar-refractivity contribution in [1.29, 1.82) is 0 Å². The summed E-state index contributed by atoms with van der Waals surface area (Å²) >= 11 is 6.02. The van der Waals surface area contributed by atoms with E-state index in [1.165, 1.54) is 13.2 Å². The molecule has 0 saturated carbocycles. The van der Waals surface area contributed by atoms with E-state index in [2.05, 4.69) is 10.0 Å². The average molecular weight is 321 g/mol. The molecule has 0 aromatic heterocycles. The van der Waals surface area contributed by atoms with E-state index in [1.54, 1.807) is 13.0 Å².